The summed E-state index contributed by atoms with van der Waals surface area (Å²) in [6.45, 7) is 2.47. The summed E-state index contributed by atoms with van der Waals surface area (Å²) in [4.78, 5) is 21.4. The lowest BCUT2D eigenvalue weighted by Gasteiger charge is -2.02. The van der Waals surface area contributed by atoms with Crippen LogP contribution in [-0.2, 0) is 11.3 Å². The van der Waals surface area contributed by atoms with E-state index < -0.39 is 0 Å². The van der Waals surface area contributed by atoms with E-state index in [0.29, 0.717) is 18.6 Å². The summed E-state index contributed by atoms with van der Waals surface area (Å²) >= 11 is 0. The van der Waals surface area contributed by atoms with Gasteiger partial charge in [0.05, 0.1) is 0 Å². The van der Waals surface area contributed by atoms with Crippen LogP contribution in [0, 0.1) is 0 Å². The maximum absolute atomic E-state index is 11.3. The van der Waals surface area contributed by atoms with Crippen LogP contribution in [0.25, 0.3) is 0 Å². The van der Waals surface area contributed by atoms with Crippen LogP contribution in [0.1, 0.15) is 6.92 Å². The lowest BCUT2D eigenvalue weighted by atomic mass is 10.4. The van der Waals surface area contributed by atoms with Gasteiger partial charge in [-0.1, -0.05) is 0 Å². The van der Waals surface area contributed by atoms with Gasteiger partial charge in [0.2, 0.25) is 6.41 Å². The Balaban J connectivity index is 3.14. The molecule has 1 aromatic heterocycles. The molecular weight excluding hydrogens is 156 g/mol. The molecule has 0 fully saturated rings. The van der Waals surface area contributed by atoms with Crippen molar-refractivity contribution in [2.75, 3.05) is 5.32 Å². The molecule has 0 aliphatic carbocycles. The number of aryl methyl sites for hydroxylation is 1. The first-order chi connectivity index (χ1) is 5.79. The van der Waals surface area contributed by atoms with Gasteiger partial charge in [0.25, 0.3) is 5.56 Å². The first-order valence-corrected chi connectivity index (χ1v) is 3.69. The van der Waals surface area contributed by atoms with Crippen molar-refractivity contribution in [1.82, 2.24) is 4.57 Å². The van der Waals surface area contributed by atoms with Crippen molar-refractivity contribution in [3.63, 3.8) is 0 Å². The van der Waals surface area contributed by atoms with Gasteiger partial charge < -0.3 is 9.88 Å². The van der Waals surface area contributed by atoms with Crippen molar-refractivity contribution in [3.8, 4) is 0 Å². The maximum Gasteiger partial charge on any atom is 0.274 e. The lowest BCUT2D eigenvalue weighted by Crippen LogP contribution is -2.21. The zero-order chi connectivity index (χ0) is 8.97. The smallest absolute Gasteiger partial charge is 0.274 e. The number of carbonyl (C=O) groups excluding carboxylic acids is 1. The molecule has 0 unspecified atom stereocenters. The number of aromatic nitrogens is 1. The number of anilines is 1. The van der Waals surface area contributed by atoms with Crippen LogP contribution in [0.5, 0.6) is 0 Å². The highest BCUT2D eigenvalue weighted by Crippen LogP contribution is 1.95. The zero-order valence-corrected chi connectivity index (χ0v) is 6.78. The van der Waals surface area contributed by atoms with Crippen LogP contribution >= 0.6 is 0 Å². The molecule has 1 aromatic rings. The Morgan fingerprint density at radius 2 is 2.42 bits per heavy atom. The van der Waals surface area contributed by atoms with Crippen molar-refractivity contribution < 1.29 is 4.79 Å². The minimum atomic E-state index is -0.174. The summed E-state index contributed by atoms with van der Waals surface area (Å²) in [7, 11) is 0. The van der Waals surface area contributed by atoms with Gasteiger partial charge >= 0.3 is 0 Å². The van der Waals surface area contributed by atoms with Gasteiger partial charge in [-0.25, -0.2) is 0 Å². The number of carbonyl (C=O) groups is 1. The summed E-state index contributed by atoms with van der Waals surface area (Å²) in [5.41, 5.74) is 0.140. The van der Waals surface area contributed by atoms with Crippen LogP contribution in [0.3, 0.4) is 0 Å². The van der Waals surface area contributed by atoms with Gasteiger partial charge in [-0.15, -0.1) is 0 Å². The van der Waals surface area contributed by atoms with Crippen molar-refractivity contribution in [2.24, 2.45) is 0 Å². The standard InChI is InChI=1S/C8H10N2O2/c1-2-10-5-3-4-7(8(10)12)9-6-11/h3-6H,2H2,1H3,(H,9,11). The van der Waals surface area contributed by atoms with E-state index in [1.54, 1.807) is 18.3 Å². The van der Waals surface area contributed by atoms with Crippen LogP contribution in [0.2, 0.25) is 0 Å². The first kappa shape index (κ1) is 8.52. The minimum absolute atomic E-state index is 0.174. The predicted molar refractivity (Wildman–Crippen MR) is 46.1 cm³/mol. The molecule has 0 saturated heterocycles. The van der Waals surface area contributed by atoms with Gasteiger partial charge in [0, 0.05) is 12.7 Å². The second kappa shape index (κ2) is 3.71. The molecule has 1 amide bonds. The highest BCUT2D eigenvalue weighted by atomic mass is 16.1. The van der Waals surface area contributed by atoms with Crippen LogP contribution < -0.4 is 10.9 Å². The van der Waals surface area contributed by atoms with Gasteiger partial charge in [-0.3, -0.25) is 9.59 Å². The molecule has 0 atom stereocenters. The van der Waals surface area contributed by atoms with Gasteiger partial charge in [-0.05, 0) is 19.1 Å². The van der Waals surface area contributed by atoms with E-state index in [1.807, 2.05) is 6.92 Å². The fraction of sp³-hybridized carbons (Fsp3) is 0.250. The van der Waals surface area contributed by atoms with E-state index >= 15 is 0 Å². The molecule has 4 heteroatoms. The summed E-state index contributed by atoms with van der Waals surface area (Å²) in [6, 6.07) is 3.29. The molecule has 4 nitrogen and oxygen atoms in total. The number of hydrogen-bond acceptors (Lipinski definition) is 2. The van der Waals surface area contributed by atoms with E-state index in [1.165, 1.54) is 4.57 Å². The average Bonchev–Trinajstić information content (AvgIpc) is 2.09. The summed E-state index contributed by atoms with van der Waals surface area (Å²) in [6.07, 6.45) is 2.18. The molecule has 0 saturated carbocycles. The molecule has 0 bridgehead atoms. The maximum atomic E-state index is 11.3. The highest BCUT2D eigenvalue weighted by molar-refractivity contribution is 5.70. The molecule has 0 radical (unpaired) electrons. The fourth-order valence-corrected chi connectivity index (χ4v) is 0.959. The number of hydrogen-bond donors (Lipinski definition) is 1. The van der Waals surface area contributed by atoms with E-state index in [-0.39, 0.29) is 5.56 Å². The predicted octanol–water partition coefficient (Wildman–Crippen LogP) is 0.436. The Hall–Kier alpha value is -1.58. The van der Waals surface area contributed by atoms with Gasteiger partial charge in [-0.2, -0.15) is 0 Å². The SMILES string of the molecule is CCn1cccc(NC=O)c1=O. The second-order valence-electron chi connectivity index (χ2n) is 2.28. The van der Waals surface area contributed by atoms with Gasteiger partial charge in [0.1, 0.15) is 5.69 Å². The quantitative estimate of drug-likeness (QED) is 0.662. The Bertz CT molecular complexity index is 330. The van der Waals surface area contributed by atoms with Crippen molar-refractivity contribution in [2.45, 2.75) is 13.5 Å². The van der Waals surface area contributed by atoms with Crippen LogP contribution in [0.15, 0.2) is 23.1 Å². The van der Waals surface area contributed by atoms with Crippen LogP contribution in [-0.4, -0.2) is 11.0 Å². The largest absolute Gasteiger partial charge is 0.324 e. The Morgan fingerprint density at radius 3 is 3.00 bits per heavy atom. The molecule has 1 N–H and O–H groups in total. The van der Waals surface area contributed by atoms with Crippen LogP contribution in [0.4, 0.5) is 5.69 Å². The van der Waals surface area contributed by atoms with Crippen molar-refractivity contribution in [1.29, 1.82) is 0 Å². The fourth-order valence-electron chi connectivity index (χ4n) is 0.959. The Labute approximate surface area is 69.8 Å². The third-order valence-electron chi connectivity index (χ3n) is 1.58. The number of amides is 1. The normalized spacial score (nSPS) is 9.42. The number of pyridine rings is 1. The minimum Gasteiger partial charge on any atom is -0.324 e. The third-order valence-corrected chi connectivity index (χ3v) is 1.58. The topological polar surface area (TPSA) is 51.1 Å². The molecule has 0 aliphatic heterocycles. The van der Waals surface area contributed by atoms with E-state index in [4.69, 9.17) is 0 Å². The average molecular weight is 166 g/mol. The zero-order valence-electron chi connectivity index (χ0n) is 6.78. The first-order valence-electron chi connectivity index (χ1n) is 3.69. The number of rotatable bonds is 3. The molecule has 0 aromatic carbocycles. The Kier molecular flexibility index (Phi) is 2.63. The summed E-state index contributed by atoms with van der Waals surface area (Å²) in [5.74, 6) is 0. The van der Waals surface area contributed by atoms with Gasteiger partial charge in [0.15, 0.2) is 0 Å². The van der Waals surface area contributed by atoms with Crippen molar-refractivity contribution in [3.05, 3.63) is 28.7 Å². The lowest BCUT2D eigenvalue weighted by molar-refractivity contribution is -0.105. The highest BCUT2D eigenvalue weighted by Gasteiger charge is 1.98. The summed E-state index contributed by atoms with van der Waals surface area (Å²) in [5, 5.41) is 2.34. The number of nitrogens with one attached hydrogen (secondary N) is 1. The number of nitrogens with zero attached hydrogens (tertiary/aromatic N) is 1. The molecular formula is C8H10N2O2. The van der Waals surface area contributed by atoms with E-state index in [9.17, 15) is 9.59 Å². The molecule has 0 spiro atoms. The summed E-state index contributed by atoms with van der Waals surface area (Å²) < 4.78 is 1.52. The third kappa shape index (κ3) is 1.53. The molecule has 1 heterocycles. The van der Waals surface area contributed by atoms with E-state index in [0.717, 1.165) is 0 Å². The second-order valence-corrected chi connectivity index (χ2v) is 2.28. The Morgan fingerprint density at radius 1 is 1.67 bits per heavy atom. The monoisotopic (exact) mass is 166 g/mol. The molecule has 12 heavy (non-hydrogen) atoms. The van der Waals surface area contributed by atoms with Crippen molar-refractivity contribution >= 4 is 12.1 Å². The van der Waals surface area contributed by atoms with E-state index in [2.05, 4.69) is 5.32 Å². The molecule has 64 valence electrons. The molecule has 1 rings (SSSR count). The molecule has 0 aliphatic rings.